The Labute approximate surface area is 110 Å². The molecule has 1 N–H and O–H groups in total. The van der Waals surface area contributed by atoms with Gasteiger partial charge in [-0.2, -0.15) is 0 Å². The molecule has 1 heterocycles. The van der Waals surface area contributed by atoms with Crippen molar-refractivity contribution in [3.05, 3.63) is 21.9 Å². The Morgan fingerprint density at radius 2 is 2.18 bits per heavy atom. The molecule has 0 aliphatic heterocycles. The molecule has 17 heavy (non-hydrogen) atoms. The topological polar surface area (TPSA) is 12.0 Å². The maximum absolute atomic E-state index is 3.56. The molecule has 2 rings (SSSR count). The van der Waals surface area contributed by atoms with Crippen LogP contribution in [0.5, 0.6) is 0 Å². The standard InChI is InChI=1S/C15H25NS/c1-11-9-12(10-17-11)14(16-4)13-7-5-6-8-15(13,2)3/h9-10,13-14,16H,5-8H2,1-4H3. The molecule has 2 unspecified atom stereocenters. The molecular weight excluding hydrogens is 226 g/mol. The molecule has 1 fully saturated rings. The fraction of sp³-hybridized carbons (Fsp3) is 0.733. The van der Waals surface area contributed by atoms with Crippen molar-refractivity contribution >= 4 is 11.3 Å². The Hall–Kier alpha value is -0.340. The van der Waals surface area contributed by atoms with Crippen LogP contribution in [0.15, 0.2) is 11.4 Å². The van der Waals surface area contributed by atoms with Crippen molar-refractivity contribution in [1.29, 1.82) is 0 Å². The van der Waals surface area contributed by atoms with Gasteiger partial charge in [0.25, 0.3) is 0 Å². The summed E-state index contributed by atoms with van der Waals surface area (Å²) in [5.41, 5.74) is 1.97. The molecule has 1 aliphatic carbocycles. The second-order valence-corrected chi connectivity index (χ2v) is 7.21. The summed E-state index contributed by atoms with van der Waals surface area (Å²) in [4.78, 5) is 1.42. The first-order chi connectivity index (χ1) is 8.04. The van der Waals surface area contributed by atoms with Gasteiger partial charge in [0, 0.05) is 10.9 Å². The summed E-state index contributed by atoms with van der Waals surface area (Å²) in [5.74, 6) is 0.773. The fourth-order valence-electron chi connectivity index (χ4n) is 3.37. The molecule has 0 amide bonds. The van der Waals surface area contributed by atoms with Gasteiger partial charge in [-0.15, -0.1) is 11.3 Å². The van der Waals surface area contributed by atoms with E-state index < -0.39 is 0 Å². The number of hydrogen-bond donors (Lipinski definition) is 1. The van der Waals surface area contributed by atoms with Gasteiger partial charge in [-0.1, -0.05) is 26.7 Å². The number of aryl methyl sites for hydroxylation is 1. The van der Waals surface area contributed by atoms with E-state index in [1.807, 2.05) is 11.3 Å². The van der Waals surface area contributed by atoms with Crippen LogP contribution in [0, 0.1) is 18.3 Å². The van der Waals surface area contributed by atoms with Gasteiger partial charge < -0.3 is 5.32 Å². The molecule has 2 heteroatoms. The lowest BCUT2D eigenvalue weighted by atomic mass is 9.65. The van der Waals surface area contributed by atoms with E-state index in [9.17, 15) is 0 Å². The zero-order chi connectivity index (χ0) is 12.5. The lowest BCUT2D eigenvalue weighted by Crippen LogP contribution is -2.37. The van der Waals surface area contributed by atoms with Gasteiger partial charge in [-0.3, -0.25) is 0 Å². The molecule has 1 aromatic heterocycles. The molecule has 0 saturated heterocycles. The second kappa shape index (κ2) is 5.11. The van der Waals surface area contributed by atoms with Crippen LogP contribution in [0.4, 0.5) is 0 Å². The van der Waals surface area contributed by atoms with E-state index in [0.717, 1.165) is 5.92 Å². The van der Waals surface area contributed by atoms with Crippen LogP contribution in [-0.4, -0.2) is 7.05 Å². The van der Waals surface area contributed by atoms with Gasteiger partial charge >= 0.3 is 0 Å². The minimum Gasteiger partial charge on any atom is -0.313 e. The Bertz CT molecular complexity index is 367. The van der Waals surface area contributed by atoms with E-state index in [1.165, 1.54) is 36.1 Å². The number of rotatable bonds is 3. The third-order valence-corrected chi connectivity index (χ3v) is 5.29. The zero-order valence-corrected chi connectivity index (χ0v) is 12.4. The van der Waals surface area contributed by atoms with E-state index in [1.54, 1.807) is 0 Å². The maximum atomic E-state index is 3.56. The molecule has 1 saturated carbocycles. The van der Waals surface area contributed by atoms with Gasteiger partial charge in [0.05, 0.1) is 0 Å². The van der Waals surface area contributed by atoms with Crippen molar-refractivity contribution in [2.45, 2.75) is 52.5 Å². The molecule has 0 spiro atoms. The number of thiophene rings is 1. The third kappa shape index (κ3) is 2.74. The van der Waals surface area contributed by atoms with Crippen molar-refractivity contribution in [3.8, 4) is 0 Å². The minimum atomic E-state index is 0.474. The largest absolute Gasteiger partial charge is 0.313 e. The molecule has 96 valence electrons. The van der Waals surface area contributed by atoms with Crippen LogP contribution < -0.4 is 5.32 Å². The molecule has 1 aromatic rings. The molecule has 1 nitrogen and oxygen atoms in total. The summed E-state index contributed by atoms with van der Waals surface area (Å²) in [5, 5.41) is 5.90. The van der Waals surface area contributed by atoms with E-state index in [4.69, 9.17) is 0 Å². The van der Waals surface area contributed by atoms with E-state index in [0.29, 0.717) is 11.5 Å². The number of nitrogens with one attached hydrogen (secondary N) is 1. The molecule has 2 atom stereocenters. The predicted molar refractivity (Wildman–Crippen MR) is 76.6 cm³/mol. The third-order valence-electron chi connectivity index (χ3n) is 4.41. The summed E-state index contributed by atoms with van der Waals surface area (Å²) in [7, 11) is 2.11. The highest BCUT2D eigenvalue weighted by atomic mass is 32.1. The normalized spacial score (nSPS) is 25.8. The Kier molecular flexibility index (Phi) is 3.94. The van der Waals surface area contributed by atoms with Crippen molar-refractivity contribution in [2.24, 2.45) is 11.3 Å². The highest BCUT2D eigenvalue weighted by Gasteiger charge is 2.37. The van der Waals surface area contributed by atoms with Crippen molar-refractivity contribution in [1.82, 2.24) is 5.32 Å². The summed E-state index contributed by atoms with van der Waals surface area (Å²) in [6.45, 7) is 7.09. The van der Waals surface area contributed by atoms with Crippen molar-refractivity contribution in [3.63, 3.8) is 0 Å². The van der Waals surface area contributed by atoms with Gasteiger partial charge in [0.1, 0.15) is 0 Å². The second-order valence-electron chi connectivity index (χ2n) is 6.10. The molecular formula is C15H25NS. The molecule has 0 bridgehead atoms. The Morgan fingerprint density at radius 3 is 2.71 bits per heavy atom. The molecule has 1 aliphatic rings. The van der Waals surface area contributed by atoms with E-state index in [-0.39, 0.29) is 0 Å². The zero-order valence-electron chi connectivity index (χ0n) is 11.5. The van der Waals surface area contributed by atoms with Gasteiger partial charge in [-0.25, -0.2) is 0 Å². The summed E-state index contributed by atoms with van der Waals surface area (Å²) in [6.07, 6.45) is 5.55. The van der Waals surface area contributed by atoms with Gasteiger partial charge in [-0.05, 0) is 55.2 Å². The minimum absolute atomic E-state index is 0.474. The monoisotopic (exact) mass is 251 g/mol. The molecule has 0 radical (unpaired) electrons. The Balaban J connectivity index is 2.22. The highest BCUT2D eigenvalue weighted by Crippen LogP contribution is 2.47. The van der Waals surface area contributed by atoms with Crippen LogP contribution >= 0.6 is 11.3 Å². The number of hydrogen-bond acceptors (Lipinski definition) is 2. The van der Waals surface area contributed by atoms with Crippen LogP contribution in [-0.2, 0) is 0 Å². The molecule has 0 aromatic carbocycles. The first-order valence-electron chi connectivity index (χ1n) is 6.77. The lowest BCUT2D eigenvalue weighted by molar-refractivity contribution is 0.101. The van der Waals surface area contributed by atoms with Crippen LogP contribution in [0.2, 0.25) is 0 Å². The van der Waals surface area contributed by atoms with Crippen LogP contribution in [0.25, 0.3) is 0 Å². The van der Waals surface area contributed by atoms with E-state index >= 15 is 0 Å². The average molecular weight is 251 g/mol. The van der Waals surface area contributed by atoms with Crippen LogP contribution in [0.3, 0.4) is 0 Å². The van der Waals surface area contributed by atoms with Crippen molar-refractivity contribution < 1.29 is 0 Å². The SMILES string of the molecule is CNC(c1csc(C)c1)C1CCCCC1(C)C. The fourth-order valence-corrected chi connectivity index (χ4v) is 4.11. The quantitative estimate of drug-likeness (QED) is 0.832. The highest BCUT2D eigenvalue weighted by molar-refractivity contribution is 7.10. The first-order valence-corrected chi connectivity index (χ1v) is 7.65. The summed E-state index contributed by atoms with van der Waals surface area (Å²) in [6, 6.07) is 2.89. The van der Waals surface area contributed by atoms with Crippen molar-refractivity contribution in [2.75, 3.05) is 7.05 Å². The average Bonchev–Trinajstić information content (AvgIpc) is 2.68. The predicted octanol–water partition coefficient (Wildman–Crippen LogP) is 4.53. The van der Waals surface area contributed by atoms with E-state index in [2.05, 4.69) is 44.6 Å². The Morgan fingerprint density at radius 1 is 1.41 bits per heavy atom. The summed E-state index contributed by atoms with van der Waals surface area (Å²) >= 11 is 1.87. The smallest absolute Gasteiger partial charge is 0.0359 e. The summed E-state index contributed by atoms with van der Waals surface area (Å²) < 4.78 is 0. The van der Waals surface area contributed by atoms with Gasteiger partial charge in [0.15, 0.2) is 0 Å². The van der Waals surface area contributed by atoms with Gasteiger partial charge in [0.2, 0.25) is 0 Å². The van der Waals surface area contributed by atoms with Crippen LogP contribution in [0.1, 0.15) is 56.0 Å². The maximum Gasteiger partial charge on any atom is 0.0359 e. The lowest BCUT2D eigenvalue weighted by Gasteiger charge is -2.43. The first kappa shape index (κ1) is 13.1.